The molecule has 2 aliphatic rings. The monoisotopic (exact) mass is 348 g/mol. The number of nitrogens with one attached hydrogen (secondary N) is 2. The average Bonchev–Trinajstić information content (AvgIpc) is 2.95. The van der Waals surface area contributed by atoms with Crippen LogP contribution >= 0.6 is 0 Å². The molecule has 2 heterocycles. The van der Waals surface area contributed by atoms with E-state index < -0.39 is 0 Å². The Balaban J connectivity index is 1.41. The second-order valence-corrected chi connectivity index (χ2v) is 7.48. The number of nitrogens with zero attached hydrogens (tertiary/aromatic N) is 4. The normalized spacial score (nSPS) is 24.0. The van der Waals surface area contributed by atoms with Gasteiger partial charge in [-0.15, -0.1) is 0 Å². The maximum atomic E-state index is 12.3. The number of aryl methyl sites for hydroxylation is 2. The fourth-order valence-electron chi connectivity index (χ4n) is 3.82. The molecule has 0 radical (unpaired) electrons. The predicted molar refractivity (Wildman–Crippen MR) is 100.0 cm³/mol. The van der Waals surface area contributed by atoms with Crippen LogP contribution in [0, 0.1) is 5.92 Å². The first-order chi connectivity index (χ1) is 12.2. The van der Waals surface area contributed by atoms with E-state index in [2.05, 4.69) is 27.6 Å². The molecule has 0 saturated heterocycles. The number of hydrogen-bond donors (Lipinski definition) is 2. The standard InChI is InChI=1S/C18H32N6O/c1-14-7-9-15(10-8-14)21-17(19-2)20-11-5-13-24-18(25)23-12-4-3-6-16(23)22-24/h14-15H,3-13H2,1-2H3,(H2,19,20,21). The van der Waals surface area contributed by atoms with Crippen molar-refractivity contribution < 1.29 is 0 Å². The van der Waals surface area contributed by atoms with Crippen LogP contribution in [0.5, 0.6) is 0 Å². The zero-order valence-electron chi connectivity index (χ0n) is 15.6. The summed E-state index contributed by atoms with van der Waals surface area (Å²) in [6, 6.07) is 0.532. The third-order valence-corrected chi connectivity index (χ3v) is 5.45. The second-order valence-electron chi connectivity index (χ2n) is 7.48. The molecule has 3 rings (SSSR count). The van der Waals surface area contributed by atoms with Gasteiger partial charge in [0.05, 0.1) is 0 Å². The molecular weight excluding hydrogens is 316 g/mol. The van der Waals surface area contributed by atoms with Crippen molar-refractivity contribution in [2.75, 3.05) is 13.6 Å². The Labute approximate surface area is 149 Å². The van der Waals surface area contributed by atoms with Gasteiger partial charge >= 0.3 is 5.69 Å². The van der Waals surface area contributed by atoms with Gasteiger partial charge in [0.1, 0.15) is 5.82 Å². The number of guanidine groups is 1. The number of fused-ring (bicyclic) bond motifs is 1. The van der Waals surface area contributed by atoms with Gasteiger partial charge in [0, 0.05) is 39.1 Å². The van der Waals surface area contributed by atoms with Gasteiger partial charge in [-0.05, 0) is 50.9 Å². The molecule has 1 aromatic heterocycles. The van der Waals surface area contributed by atoms with Crippen LogP contribution in [0.1, 0.15) is 57.7 Å². The van der Waals surface area contributed by atoms with Crippen LogP contribution in [-0.2, 0) is 19.5 Å². The van der Waals surface area contributed by atoms with Crippen molar-refractivity contribution in [3.63, 3.8) is 0 Å². The van der Waals surface area contributed by atoms with Gasteiger partial charge in [-0.25, -0.2) is 9.48 Å². The number of aliphatic imine (C=N–C) groups is 1. The van der Waals surface area contributed by atoms with Crippen LogP contribution in [0.2, 0.25) is 0 Å². The molecule has 1 aliphatic carbocycles. The van der Waals surface area contributed by atoms with E-state index in [0.717, 1.165) is 56.5 Å². The predicted octanol–water partition coefficient (Wildman–Crippen LogP) is 1.51. The smallest absolute Gasteiger partial charge is 0.345 e. The van der Waals surface area contributed by atoms with Crippen molar-refractivity contribution in [3.05, 3.63) is 16.3 Å². The molecule has 0 bridgehead atoms. The SMILES string of the molecule is CN=C(NCCCn1nc2n(c1=O)CCCC2)NC1CCC(C)CC1. The first kappa shape index (κ1) is 18.0. The van der Waals surface area contributed by atoms with Gasteiger partial charge in [0.25, 0.3) is 0 Å². The molecule has 7 nitrogen and oxygen atoms in total. The van der Waals surface area contributed by atoms with Crippen LogP contribution in [0.3, 0.4) is 0 Å². The topological polar surface area (TPSA) is 76.2 Å². The van der Waals surface area contributed by atoms with E-state index in [-0.39, 0.29) is 5.69 Å². The fraction of sp³-hybridized carbons (Fsp3) is 0.833. The minimum atomic E-state index is 0.0496. The van der Waals surface area contributed by atoms with Crippen LogP contribution in [0.4, 0.5) is 0 Å². The van der Waals surface area contributed by atoms with Gasteiger partial charge in [0.15, 0.2) is 5.96 Å². The molecule has 2 N–H and O–H groups in total. The molecule has 1 aromatic rings. The molecule has 0 unspecified atom stereocenters. The third kappa shape index (κ3) is 4.64. The van der Waals surface area contributed by atoms with Crippen LogP contribution in [0.15, 0.2) is 9.79 Å². The van der Waals surface area contributed by atoms with Crippen molar-refractivity contribution in [2.24, 2.45) is 10.9 Å². The molecule has 7 heteroatoms. The Morgan fingerprint density at radius 1 is 1.28 bits per heavy atom. The zero-order valence-corrected chi connectivity index (χ0v) is 15.6. The van der Waals surface area contributed by atoms with Crippen LogP contribution < -0.4 is 16.3 Å². The Hall–Kier alpha value is -1.79. The van der Waals surface area contributed by atoms with Crippen molar-refractivity contribution >= 4 is 5.96 Å². The van der Waals surface area contributed by atoms with Crippen molar-refractivity contribution in [3.8, 4) is 0 Å². The van der Waals surface area contributed by atoms with Crippen molar-refractivity contribution in [2.45, 2.75) is 77.4 Å². The Bertz CT molecular complexity index is 638. The average molecular weight is 348 g/mol. The highest BCUT2D eigenvalue weighted by molar-refractivity contribution is 5.79. The highest BCUT2D eigenvalue weighted by Gasteiger charge is 2.19. The number of hydrogen-bond acceptors (Lipinski definition) is 3. The van der Waals surface area contributed by atoms with Gasteiger partial charge in [-0.2, -0.15) is 5.10 Å². The fourth-order valence-corrected chi connectivity index (χ4v) is 3.82. The van der Waals surface area contributed by atoms with E-state index in [1.54, 1.807) is 4.68 Å². The highest BCUT2D eigenvalue weighted by atomic mass is 16.2. The third-order valence-electron chi connectivity index (χ3n) is 5.45. The lowest BCUT2D eigenvalue weighted by Crippen LogP contribution is -2.45. The molecule has 1 fully saturated rings. The maximum Gasteiger partial charge on any atom is 0.345 e. The van der Waals surface area contributed by atoms with E-state index in [1.165, 1.54) is 25.7 Å². The van der Waals surface area contributed by atoms with E-state index in [0.29, 0.717) is 12.6 Å². The summed E-state index contributed by atoms with van der Waals surface area (Å²) in [5.41, 5.74) is 0.0496. The quantitative estimate of drug-likeness (QED) is 0.480. The summed E-state index contributed by atoms with van der Waals surface area (Å²) >= 11 is 0. The van der Waals surface area contributed by atoms with Gasteiger partial charge in [0.2, 0.25) is 0 Å². The summed E-state index contributed by atoms with van der Waals surface area (Å²) in [7, 11) is 1.81. The molecule has 0 amide bonds. The molecule has 140 valence electrons. The lowest BCUT2D eigenvalue weighted by molar-refractivity contribution is 0.329. The lowest BCUT2D eigenvalue weighted by Gasteiger charge is -2.28. The Kier molecular flexibility index (Phi) is 6.15. The van der Waals surface area contributed by atoms with E-state index in [1.807, 2.05) is 11.6 Å². The highest BCUT2D eigenvalue weighted by Crippen LogP contribution is 2.23. The van der Waals surface area contributed by atoms with Gasteiger partial charge in [-0.1, -0.05) is 6.92 Å². The Morgan fingerprint density at radius 3 is 2.80 bits per heavy atom. The molecule has 1 saturated carbocycles. The Morgan fingerprint density at radius 2 is 2.08 bits per heavy atom. The summed E-state index contributed by atoms with van der Waals surface area (Å²) in [6.45, 7) is 4.60. The summed E-state index contributed by atoms with van der Waals surface area (Å²) < 4.78 is 3.46. The summed E-state index contributed by atoms with van der Waals surface area (Å²) in [4.78, 5) is 16.6. The maximum absolute atomic E-state index is 12.3. The second kappa shape index (κ2) is 8.54. The summed E-state index contributed by atoms with van der Waals surface area (Å²) in [5, 5.41) is 11.4. The minimum Gasteiger partial charge on any atom is -0.356 e. The molecule has 1 aliphatic heterocycles. The van der Waals surface area contributed by atoms with Crippen molar-refractivity contribution in [1.29, 1.82) is 0 Å². The molecule has 0 aromatic carbocycles. The van der Waals surface area contributed by atoms with E-state index in [9.17, 15) is 4.79 Å². The van der Waals surface area contributed by atoms with Gasteiger partial charge < -0.3 is 10.6 Å². The van der Waals surface area contributed by atoms with Crippen molar-refractivity contribution in [1.82, 2.24) is 25.0 Å². The first-order valence-electron chi connectivity index (χ1n) is 9.81. The molecule has 25 heavy (non-hydrogen) atoms. The largest absolute Gasteiger partial charge is 0.356 e. The lowest BCUT2D eigenvalue weighted by atomic mass is 9.87. The van der Waals surface area contributed by atoms with Gasteiger partial charge in [-0.3, -0.25) is 9.56 Å². The molecule has 0 atom stereocenters. The minimum absolute atomic E-state index is 0.0496. The van der Waals surface area contributed by atoms with Crippen LogP contribution in [-0.4, -0.2) is 39.9 Å². The number of rotatable bonds is 5. The zero-order chi connectivity index (χ0) is 17.6. The first-order valence-corrected chi connectivity index (χ1v) is 9.81. The molecular formula is C18H32N6O. The van der Waals surface area contributed by atoms with E-state index >= 15 is 0 Å². The summed E-state index contributed by atoms with van der Waals surface area (Å²) in [5.74, 6) is 2.68. The molecule has 0 spiro atoms. The summed E-state index contributed by atoms with van der Waals surface area (Å²) in [6.07, 6.45) is 9.04. The number of aromatic nitrogens is 3. The van der Waals surface area contributed by atoms with Crippen LogP contribution in [0.25, 0.3) is 0 Å². The van der Waals surface area contributed by atoms with E-state index in [4.69, 9.17) is 0 Å².